The van der Waals surface area contributed by atoms with Gasteiger partial charge in [0.15, 0.2) is 41.2 Å². The predicted molar refractivity (Wildman–Crippen MR) is 299 cm³/mol. The van der Waals surface area contributed by atoms with E-state index in [-0.39, 0.29) is 12.2 Å². The number of hydrogen-bond acceptors (Lipinski definition) is 8. The van der Waals surface area contributed by atoms with E-state index in [1.165, 1.54) is 0 Å². The van der Waals surface area contributed by atoms with Crippen LogP contribution >= 0.6 is 0 Å². The molecule has 5 heterocycles. The molecule has 12 aromatic rings. The van der Waals surface area contributed by atoms with Gasteiger partial charge < -0.3 is 13.9 Å². The van der Waals surface area contributed by atoms with Crippen LogP contribution in [0.3, 0.4) is 0 Å². The summed E-state index contributed by atoms with van der Waals surface area (Å²) in [6, 6.07) is 69.0. The summed E-state index contributed by atoms with van der Waals surface area (Å²) in [5, 5.41) is 2.12. The second-order valence-corrected chi connectivity index (χ2v) is 18.7. The fraction of sp³-hybridized carbons (Fsp3) is 0.0299. The predicted octanol–water partition coefficient (Wildman–Crippen LogP) is 16.2. The van der Waals surface area contributed by atoms with E-state index >= 15 is 0 Å². The molecule has 0 bridgehead atoms. The van der Waals surface area contributed by atoms with Gasteiger partial charge in [-0.15, -0.1) is 0 Å². The number of hydrogen-bond donors (Lipinski definition) is 0. The van der Waals surface area contributed by atoms with E-state index in [1.807, 2.05) is 67.0 Å². The molecular weight excluding hydrogens is 923 g/mol. The number of fused-ring (bicyclic) bond motifs is 5. The lowest BCUT2D eigenvalue weighted by Crippen LogP contribution is -2.38. The fourth-order valence-electron chi connectivity index (χ4n) is 10.2. The Bertz CT molecular complexity index is 4100. The molecule has 0 fully saturated rings. The van der Waals surface area contributed by atoms with Crippen LogP contribution in [-0.2, 0) is 0 Å². The normalized spacial score (nSPS) is 14.5. The van der Waals surface area contributed by atoms with Crippen molar-refractivity contribution in [1.82, 2.24) is 24.9 Å². The summed E-state index contributed by atoms with van der Waals surface area (Å²) < 4.78 is 20.1. The Morgan fingerprint density at radius 2 is 0.747 bits per heavy atom. The quantitative estimate of drug-likeness (QED) is 0.141. The number of para-hydroxylation sites is 1. The molecule has 1 aliphatic heterocycles. The summed E-state index contributed by atoms with van der Waals surface area (Å²) >= 11 is 0. The summed E-state index contributed by atoms with van der Waals surface area (Å²) in [7, 11) is 0. The van der Waals surface area contributed by atoms with Gasteiger partial charge >= 0.3 is 0 Å². The number of nitrogens with zero attached hydrogens (tertiary/aromatic N) is 5. The van der Waals surface area contributed by atoms with Gasteiger partial charge in [-0.25, -0.2) is 15.0 Å². The van der Waals surface area contributed by atoms with Crippen molar-refractivity contribution in [3.05, 3.63) is 249 Å². The summed E-state index contributed by atoms with van der Waals surface area (Å²) in [5.41, 5.74) is 16.7. The van der Waals surface area contributed by atoms with Gasteiger partial charge in [-0.3, -0.25) is 9.97 Å². The molecule has 8 aromatic carbocycles. The zero-order valence-corrected chi connectivity index (χ0v) is 40.3. The maximum atomic E-state index is 6.92. The van der Waals surface area contributed by atoms with Gasteiger partial charge in [0.25, 0.3) is 0 Å². The van der Waals surface area contributed by atoms with Crippen LogP contribution in [0.1, 0.15) is 0 Å². The first-order valence-corrected chi connectivity index (χ1v) is 25.0. The van der Waals surface area contributed by atoms with Crippen LogP contribution in [-0.4, -0.2) is 37.1 Å². The average Bonchev–Trinajstić information content (AvgIpc) is 3.87. The number of aromatic nitrogens is 5. The van der Waals surface area contributed by atoms with E-state index in [2.05, 4.69) is 180 Å². The standard InChI is InChI=1S/C67H43N5O3/c1-2-10-42(11-3-1)43-20-26-47(27-21-43)65-70-66(72-67(71-65)49-30-31-58-57-14-4-5-15-59(57)73-62(58)39-49)48-28-22-45(23-29-48)44-18-24-46(25-19-44)55-32-33-56(64-63(55)74-60-16-6-7-17-61(60)75-64)54-37-52(50-12-8-34-68-40-50)36-53(38-54)51-13-9-35-69-41-51/h1-41,60-61H. The van der Waals surface area contributed by atoms with Crippen molar-refractivity contribution in [3.63, 3.8) is 0 Å². The molecule has 2 atom stereocenters. The van der Waals surface area contributed by atoms with Crippen LogP contribution in [0, 0.1) is 0 Å². The van der Waals surface area contributed by atoms with Crippen molar-refractivity contribution >= 4 is 21.9 Å². The monoisotopic (exact) mass is 965 g/mol. The van der Waals surface area contributed by atoms with E-state index < -0.39 is 0 Å². The highest BCUT2D eigenvalue weighted by atomic mass is 16.6. The highest BCUT2D eigenvalue weighted by Gasteiger charge is 2.33. The van der Waals surface area contributed by atoms with E-state index in [4.69, 9.17) is 28.8 Å². The molecule has 4 aromatic heterocycles. The third kappa shape index (κ3) is 8.30. The Morgan fingerprint density at radius 1 is 0.307 bits per heavy atom. The third-order valence-electron chi connectivity index (χ3n) is 14.1. The van der Waals surface area contributed by atoms with Gasteiger partial charge in [-0.05, 0) is 117 Å². The number of rotatable bonds is 9. The second kappa shape index (κ2) is 18.5. The van der Waals surface area contributed by atoms with Gasteiger partial charge in [0, 0.05) is 74.5 Å². The Kier molecular flexibility index (Phi) is 10.8. The lowest BCUT2D eigenvalue weighted by molar-refractivity contribution is 0.0769. The smallest absolute Gasteiger partial charge is 0.170 e. The van der Waals surface area contributed by atoms with Crippen LogP contribution in [0.4, 0.5) is 0 Å². The lowest BCUT2D eigenvalue weighted by atomic mass is 9.91. The molecule has 8 nitrogen and oxygen atoms in total. The van der Waals surface area contributed by atoms with Crippen LogP contribution in [0.15, 0.2) is 254 Å². The Balaban J connectivity index is 0.803. The van der Waals surface area contributed by atoms with Gasteiger partial charge in [-0.1, -0.05) is 152 Å². The molecule has 14 rings (SSSR count). The first-order valence-electron chi connectivity index (χ1n) is 25.0. The van der Waals surface area contributed by atoms with Gasteiger partial charge in [0.1, 0.15) is 11.2 Å². The van der Waals surface area contributed by atoms with E-state index in [9.17, 15) is 0 Å². The van der Waals surface area contributed by atoms with Crippen molar-refractivity contribution in [2.75, 3.05) is 0 Å². The van der Waals surface area contributed by atoms with Crippen molar-refractivity contribution in [2.24, 2.45) is 0 Å². The topological polar surface area (TPSA) is 96.1 Å². The Morgan fingerprint density at radius 3 is 1.31 bits per heavy atom. The van der Waals surface area contributed by atoms with Crippen LogP contribution in [0.5, 0.6) is 11.5 Å². The van der Waals surface area contributed by atoms with Crippen LogP contribution in [0.2, 0.25) is 0 Å². The maximum Gasteiger partial charge on any atom is 0.170 e. The van der Waals surface area contributed by atoms with Crippen LogP contribution < -0.4 is 9.47 Å². The summed E-state index contributed by atoms with van der Waals surface area (Å²) in [4.78, 5) is 24.1. The van der Waals surface area contributed by atoms with Gasteiger partial charge in [-0.2, -0.15) is 0 Å². The first-order chi connectivity index (χ1) is 37.1. The average molecular weight is 966 g/mol. The minimum absolute atomic E-state index is 0.265. The summed E-state index contributed by atoms with van der Waals surface area (Å²) in [5.74, 6) is 3.14. The summed E-state index contributed by atoms with van der Waals surface area (Å²) in [6.45, 7) is 0. The third-order valence-corrected chi connectivity index (χ3v) is 14.1. The lowest BCUT2D eigenvalue weighted by Gasteiger charge is -2.34. The largest absolute Gasteiger partial charge is 0.478 e. The molecule has 354 valence electrons. The molecule has 1 aliphatic carbocycles. The van der Waals surface area contributed by atoms with E-state index in [1.54, 1.807) is 12.4 Å². The van der Waals surface area contributed by atoms with Crippen molar-refractivity contribution in [1.29, 1.82) is 0 Å². The highest BCUT2D eigenvalue weighted by Crippen LogP contribution is 2.50. The number of allylic oxidation sites excluding steroid dienone is 2. The number of benzene rings is 8. The van der Waals surface area contributed by atoms with Crippen molar-refractivity contribution in [3.8, 4) is 112 Å². The number of ether oxygens (including phenoxy) is 2. The molecule has 0 saturated heterocycles. The van der Waals surface area contributed by atoms with Gasteiger partial charge in [0.05, 0.1) is 0 Å². The number of furan rings is 1. The molecule has 75 heavy (non-hydrogen) atoms. The Hall–Kier alpha value is -10.1. The SMILES string of the molecule is C1=CC2Oc3c(-c4ccc(-c5ccc(-c6nc(-c7ccc(-c8ccccc8)cc7)nc(-c7ccc8c(c7)oc7ccccc78)n6)cc5)cc4)ccc(-c4cc(-c5cccnc5)cc(-c5cccnc5)c4)c3OC2C=C1. The van der Waals surface area contributed by atoms with Crippen LogP contribution in [0.25, 0.3) is 123 Å². The molecule has 2 unspecified atom stereocenters. The molecule has 0 N–H and O–H groups in total. The summed E-state index contributed by atoms with van der Waals surface area (Å²) in [6.07, 6.45) is 15.0. The molecule has 0 spiro atoms. The second-order valence-electron chi connectivity index (χ2n) is 18.7. The molecular formula is C67H43N5O3. The zero-order chi connectivity index (χ0) is 49.7. The molecule has 8 heteroatoms. The van der Waals surface area contributed by atoms with Gasteiger partial charge in [0.2, 0.25) is 0 Å². The van der Waals surface area contributed by atoms with E-state index in [0.717, 1.165) is 105 Å². The minimum Gasteiger partial charge on any atom is -0.478 e. The molecule has 0 amide bonds. The maximum absolute atomic E-state index is 6.92. The van der Waals surface area contributed by atoms with Crippen molar-refractivity contribution in [2.45, 2.75) is 12.2 Å². The highest BCUT2D eigenvalue weighted by molar-refractivity contribution is 6.05. The number of pyridine rings is 2. The first kappa shape index (κ1) is 43.7. The zero-order valence-electron chi connectivity index (χ0n) is 40.3. The molecule has 2 aliphatic rings. The fourth-order valence-corrected chi connectivity index (χ4v) is 10.2. The molecule has 0 saturated carbocycles. The Labute approximate surface area is 432 Å². The van der Waals surface area contributed by atoms with E-state index in [0.29, 0.717) is 29.0 Å². The van der Waals surface area contributed by atoms with Crippen molar-refractivity contribution < 1.29 is 13.9 Å². The minimum atomic E-state index is -0.268. The molecule has 0 radical (unpaired) electrons.